The number of oxazole rings is 1. The molecule has 7 heteroatoms. The lowest BCUT2D eigenvalue weighted by atomic mass is 9.98. The van der Waals surface area contributed by atoms with Crippen LogP contribution in [0.15, 0.2) is 95.5 Å². The Hall–Kier alpha value is -4.23. The number of hydrogen-bond acceptors (Lipinski definition) is 5. The van der Waals surface area contributed by atoms with E-state index in [-0.39, 0.29) is 12.2 Å². The molecule has 0 bridgehead atoms. The average Bonchev–Trinajstić information content (AvgIpc) is 3.36. The molecule has 0 aliphatic carbocycles. The molecule has 0 aliphatic rings. The first-order valence-corrected chi connectivity index (χ1v) is 10.9. The van der Waals surface area contributed by atoms with Gasteiger partial charge in [0.25, 0.3) is 5.91 Å². The van der Waals surface area contributed by atoms with Gasteiger partial charge in [0.2, 0.25) is 11.7 Å². The number of aliphatic carboxylic acids is 1. The van der Waals surface area contributed by atoms with Gasteiger partial charge in [0, 0.05) is 18.0 Å². The molecule has 0 saturated carbocycles. The van der Waals surface area contributed by atoms with E-state index >= 15 is 0 Å². The Kier molecular flexibility index (Phi) is 7.15. The van der Waals surface area contributed by atoms with Gasteiger partial charge in [0.1, 0.15) is 0 Å². The molecule has 1 heterocycles. The molecule has 0 saturated heterocycles. The number of hydrogen-bond donors (Lipinski definition) is 3. The predicted octanol–water partition coefficient (Wildman–Crippen LogP) is 4.19. The minimum Gasteiger partial charge on any atom is -0.479 e. The zero-order chi connectivity index (χ0) is 23.9. The van der Waals surface area contributed by atoms with E-state index in [0.29, 0.717) is 12.3 Å². The molecule has 34 heavy (non-hydrogen) atoms. The second kappa shape index (κ2) is 10.6. The molecule has 0 unspecified atom stereocenters. The molecular formula is C27H24N2O5. The summed E-state index contributed by atoms with van der Waals surface area (Å²) in [5.74, 6) is -1.56. The number of amides is 1. The molecular weight excluding hydrogens is 432 g/mol. The highest BCUT2D eigenvalue weighted by atomic mass is 16.4. The summed E-state index contributed by atoms with van der Waals surface area (Å²) < 4.78 is 5.60. The summed E-state index contributed by atoms with van der Waals surface area (Å²) in [6, 6.07) is 26.3. The highest BCUT2D eigenvalue weighted by Crippen LogP contribution is 2.21. The Balaban J connectivity index is 1.48. The predicted molar refractivity (Wildman–Crippen MR) is 127 cm³/mol. The first-order chi connectivity index (χ1) is 16.5. The first kappa shape index (κ1) is 22.9. The number of aliphatic hydroxyl groups excluding tert-OH is 1. The summed E-state index contributed by atoms with van der Waals surface area (Å²) in [4.78, 5) is 28.2. The lowest BCUT2D eigenvalue weighted by Gasteiger charge is -2.20. The fourth-order valence-electron chi connectivity index (χ4n) is 3.66. The average molecular weight is 456 g/mol. The SMILES string of the molecule is O=C(N[C@H](Cc1ccc(-c2ccccc2)cc1)C[C@@H](O)C(=O)O)c1cnc(-c2ccccc2)o1. The normalized spacial score (nSPS) is 12.6. The largest absolute Gasteiger partial charge is 0.479 e. The zero-order valence-corrected chi connectivity index (χ0v) is 18.3. The Bertz CT molecular complexity index is 1240. The van der Waals surface area contributed by atoms with Crippen molar-refractivity contribution in [1.82, 2.24) is 10.3 Å². The third-order valence-electron chi connectivity index (χ3n) is 5.42. The van der Waals surface area contributed by atoms with E-state index in [2.05, 4.69) is 10.3 Å². The number of benzene rings is 3. The summed E-state index contributed by atoms with van der Waals surface area (Å²) in [5, 5.41) is 21.8. The van der Waals surface area contributed by atoms with Gasteiger partial charge >= 0.3 is 5.97 Å². The van der Waals surface area contributed by atoms with Crippen LogP contribution in [0.25, 0.3) is 22.6 Å². The number of nitrogens with one attached hydrogen (secondary N) is 1. The van der Waals surface area contributed by atoms with E-state index in [0.717, 1.165) is 22.3 Å². The van der Waals surface area contributed by atoms with Crippen molar-refractivity contribution in [2.45, 2.75) is 25.0 Å². The van der Waals surface area contributed by atoms with Crippen molar-refractivity contribution in [3.63, 3.8) is 0 Å². The number of rotatable bonds is 9. The van der Waals surface area contributed by atoms with Gasteiger partial charge < -0.3 is 19.9 Å². The monoisotopic (exact) mass is 456 g/mol. The Morgan fingerprint density at radius 1 is 0.853 bits per heavy atom. The molecule has 0 radical (unpaired) electrons. The molecule has 1 amide bonds. The van der Waals surface area contributed by atoms with Crippen LogP contribution in [-0.4, -0.2) is 39.2 Å². The summed E-state index contributed by atoms with van der Waals surface area (Å²) in [7, 11) is 0. The van der Waals surface area contributed by atoms with Gasteiger partial charge in [0.15, 0.2) is 6.10 Å². The second-order valence-corrected chi connectivity index (χ2v) is 7.92. The molecule has 7 nitrogen and oxygen atoms in total. The minimum atomic E-state index is -1.61. The van der Waals surface area contributed by atoms with E-state index in [1.807, 2.05) is 84.9 Å². The van der Waals surface area contributed by atoms with Gasteiger partial charge in [0.05, 0.1) is 6.20 Å². The molecule has 0 aliphatic heterocycles. The Morgan fingerprint density at radius 2 is 1.44 bits per heavy atom. The highest BCUT2D eigenvalue weighted by molar-refractivity contribution is 5.91. The van der Waals surface area contributed by atoms with Crippen molar-refractivity contribution in [3.05, 3.63) is 102 Å². The van der Waals surface area contributed by atoms with Crippen LogP contribution in [0, 0.1) is 0 Å². The van der Waals surface area contributed by atoms with Crippen molar-refractivity contribution in [3.8, 4) is 22.6 Å². The van der Waals surface area contributed by atoms with Crippen molar-refractivity contribution in [2.24, 2.45) is 0 Å². The van der Waals surface area contributed by atoms with Crippen molar-refractivity contribution >= 4 is 11.9 Å². The summed E-state index contributed by atoms with van der Waals surface area (Å²) >= 11 is 0. The van der Waals surface area contributed by atoms with Gasteiger partial charge in [-0.1, -0.05) is 72.8 Å². The van der Waals surface area contributed by atoms with Gasteiger partial charge in [-0.25, -0.2) is 9.78 Å². The molecule has 3 aromatic carbocycles. The van der Waals surface area contributed by atoms with Crippen molar-refractivity contribution in [2.75, 3.05) is 0 Å². The fraction of sp³-hybridized carbons (Fsp3) is 0.148. The molecule has 0 spiro atoms. The number of aromatic nitrogens is 1. The maximum Gasteiger partial charge on any atom is 0.332 e. The van der Waals surface area contributed by atoms with Crippen LogP contribution >= 0.6 is 0 Å². The summed E-state index contributed by atoms with van der Waals surface area (Å²) in [6.45, 7) is 0. The minimum absolute atomic E-state index is 0.00749. The quantitative estimate of drug-likeness (QED) is 0.348. The lowest BCUT2D eigenvalue weighted by molar-refractivity contribution is -0.147. The van der Waals surface area contributed by atoms with Crippen LogP contribution in [0.4, 0.5) is 0 Å². The van der Waals surface area contributed by atoms with E-state index < -0.39 is 24.0 Å². The van der Waals surface area contributed by atoms with E-state index in [1.165, 1.54) is 6.20 Å². The fourth-order valence-corrected chi connectivity index (χ4v) is 3.66. The molecule has 1 aromatic heterocycles. The number of carboxylic acid groups (broad SMARTS) is 1. The van der Waals surface area contributed by atoms with Gasteiger partial charge in [-0.3, -0.25) is 4.79 Å². The Morgan fingerprint density at radius 3 is 2.06 bits per heavy atom. The smallest absolute Gasteiger partial charge is 0.332 e. The maximum absolute atomic E-state index is 12.8. The summed E-state index contributed by atoms with van der Waals surface area (Å²) in [5.41, 5.74) is 3.76. The third kappa shape index (κ3) is 5.76. The van der Waals surface area contributed by atoms with Gasteiger partial charge in [-0.05, 0) is 35.2 Å². The number of carbonyl (C=O) groups is 2. The number of nitrogens with zero attached hydrogens (tertiary/aromatic N) is 1. The van der Waals surface area contributed by atoms with Crippen LogP contribution in [0.2, 0.25) is 0 Å². The van der Waals surface area contributed by atoms with Crippen LogP contribution in [0.5, 0.6) is 0 Å². The van der Waals surface area contributed by atoms with Crippen molar-refractivity contribution in [1.29, 1.82) is 0 Å². The van der Waals surface area contributed by atoms with Crippen molar-refractivity contribution < 1.29 is 24.2 Å². The number of carboxylic acids is 1. The van der Waals surface area contributed by atoms with Gasteiger partial charge in [-0.15, -0.1) is 0 Å². The molecule has 3 N–H and O–H groups in total. The van der Waals surface area contributed by atoms with E-state index in [1.54, 1.807) is 0 Å². The second-order valence-electron chi connectivity index (χ2n) is 7.92. The molecule has 4 rings (SSSR count). The lowest BCUT2D eigenvalue weighted by Crippen LogP contribution is -2.40. The van der Waals surface area contributed by atoms with Crippen LogP contribution in [0.3, 0.4) is 0 Å². The highest BCUT2D eigenvalue weighted by Gasteiger charge is 2.24. The molecule has 172 valence electrons. The standard InChI is InChI=1S/C27H24N2O5/c30-23(27(32)33)16-22(15-18-11-13-20(14-12-18)19-7-3-1-4-8-19)29-25(31)24-17-28-26(34-24)21-9-5-2-6-10-21/h1-14,17,22-23,30H,15-16H2,(H,29,31)(H,32,33)/t22-,23-/m1/s1. The maximum atomic E-state index is 12.8. The topological polar surface area (TPSA) is 113 Å². The molecule has 2 atom stereocenters. The molecule has 0 fully saturated rings. The van der Waals surface area contributed by atoms with Crippen LogP contribution in [0.1, 0.15) is 22.5 Å². The Labute approximate surface area is 196 Å². The number of aliphatic hydroxyl groups is 1. The summed E-state index contributed by atoms with van der Waals surface area (Å²) in [6.07, 6.45) is -0.0910. The van der Waals surface area contributed by atoms with Crippen LogP contribution < -0.4 is 5.32 Å². The van der Waals surface area contributed by atoms with E-state index in [9.17, 15) is 14.7 Å². The zero-order valence-electron chi connectivity index (χ0n) is 18.3. The third-order valence-corrected chi connectivity index (χ3v) is 5.42. The van der Waals surface area contributed by atoms with E-state index in [4.69, 9.17) is 9.52 Å². The first-order valence-electron chi connectivity index (χ1n) is 10.9. The van der Waals surface area contributed by atoms with Gasteiger partial charge in [-0.2, -0.15) is 0 Å². The van der Waals surface area contributed by atoms with Crippen LogP contribution in [-0.2, 0) is 11.2 Å². The number of carbonyl (C=O) groups excluding carboxylic acids is 1. The molecule has 4 aromatic rings.